The van der Waals surface area contributed by atoms with Gasteiger partial charge in [0.15, 0.2) is 5.96 Å². The monoisotopic (exact) mass is 492 g/mol. The fourth-order valence-corrected chi connectivity index (χ4v) is 3.47. The Morgan fingerprint density at radius 2 is 2.19 bits per heavy atom. The largest absolute Gasteiger partial charge is 0.374 e. The zero-order chi connectivity index (χ0) is 17.7. The second-order valence-electron chi connectivity index (χ2n) is 7.12. The minimum atomic E-state index is 0. The van der Waals surface area contributed by atoms with Gasteiger partial charge in [0.2, 0.25) is 0 Å². The lowest BCUT2D eigenvalue weighted by molar-refractivity contribution is -0.0161. The fourth-order valence-electron chi connectivity index (χ4n) is 3.28. The van der Waals surface area contributed by atoms with Crippen LogP contribution in [0.2, 0.25) is 5.02 Å². The summed E-state index contributed by atoms with van der Waals surface area (Å²) in [6, 6.07) is 8.20. The smallest absolute Gasteiger partial charge is 0.191 e. The molecular weight excluding hydrogens is 463 g/mol. The van der Waals surface area contributed by atoms with Gasteiger partial charge >= 0.3 is 0 Å². The number of aliphatic imine (C=N–C) groups is 1. The first-order valence-corrected chi connectivity index (χ1v) is 9.57. The van der Waals surface area contributed by atoms with E-state index in [2.05, 4.69) is 41.6 Å². The van der Waals surface area contributed by atoms with Gasteiger partial charge in [-0.3, -0.25) is 4.99 Å². The van der Waals surface area contributed by atoms with E-state index in [0.717, 1.165) is 50.3 Å². The molecule has 146 valence electrons. The number of guanidine groups is 1. The van der Waals surface area contributed by atoms with Gasteiger partial charge in [0.05, 0.1) is 19.3 Å². The van der Waals surface area contributed by atoms with E-state index in [1.165, 1.54) is 18.4 Å². The highest BCUT2D eigenvalue weighted by Crippen LogP contribution is 2.48. The molecule has 1 atom stereocenters. The molecule has 0 amide bonds. The highest BCUT2D eigenvalue weighted by Gasteiger charge is 2.44. The molecule has 2 fully saturated rings. The van der Waals surface area contributed by atoms with Crippen molar-refractivity contribution in [1.29, 1.82) is 0 Å². The summed E-state index contributed by atoms with van der Waals surface area (Å²) in [5.74, 6) is 0.868. The summed E-state index contributed by atoms with van der Waals surface area (Å²) in [4.78, 5) is 7.14. The summed E-state index contributed by atoms with van der Waals surface area (Å²) < 4.78 is 5.82. The lowest BCUT2D eigenvalue weighted by Gasteiger charge is -2.30. The third-order valence-electron chi connectivity index (χ3n) is 5.01. The van der Waals surface area contributed by atoms with E-state index in [-0.39, 0.29) is 35.5 Å². The number of nitrogens with one attached hydrogen (secondary N) is 2. The number of rotatable bonds is 6. The average Bonchev–Trinajstić information content (AvgIpc) is 3.39. The van der Waals surface area contributed by atoms with Crippen LogP contribution in [0.4, 0.5) is 0 Å². The van der Waals surface area contributed by atoms with Crippen molar-refractivity contribution >= 4 is 41.5 Å². The minimum Gasteiger partial charge on any atom is -0.374 e. The molecule has 1 aromatic rings. The van der Waals surface area contributed by atoms with E-state index >= 15 is 0 Å². The van der Waals surface area contributed by atoms with Gasteiger partial charge in [0, 0.05) is 36.6 Å². The van der Waals surface area contributed by atoms with Crippen LogP contribution in [-0.2, 0) is 10.2 Å². The second-order valence-corrected chi connectivity index (χ2v) is 7.56. The molecule has 0 spiro atoms. The van der Waals surface area contributed by atoms with Gasteiger partial charge < -0.3 is 20.3 Å². The Bertz CT molecular complexity index is 609. The van der Waals surface area contributed by atoms with Crippen LogP contribution in [0.5, 0.6) is 0 Å². The van der Waals surface area contributed by atoms with Crippen molar-refractivity contribution < 1.29 is 4.74 Å². The summed E-state index contributed by atoms with van der Waals surface area (Å²) >= 11 is 6.16. The van der Waals surface area contributed by atoms with Gasteiger partial charge in [-0.2, -0.15) is 0 Å². The van der Waals surface area contributed by atoms with E-state index in [4.69, 9.17) is 21.3 Å². The van der Waals surface area contributed by atoms with Gasteiger partial charge in [-0.1, -0.05) is 23.7 Å². The molecular formula is C19H30ClIN4O. The summed E-state index contributed by atoms with van der Waals surface area (Å²) in [7, 11) is 2.14. The van der Waals surface area contributed by atoms with Crippen LogP contribution >= 0.6 is 35.6 Å². The third kappa shape index (κ3) is 5.97. The van der Waals surface area contributed by atoms with Crippen LogP contribution in [-0.4, -0.2) is 63.3 Å². The van der Waals surface area contributed by atoms with Crippen LogP contribution in [0.1, 0.15) is 25.3 Å². The minimum absolute atomic E-state index is 0. The Kier molecular flexibility index (Phi) is 8.44. The van der Waals surface area contributed by atoms with Crippen LogP contribution in [0.15, 0.2) is 29.3 Å². The molecule has 0 radical (unpaired) electrons. The summed E-state index contributed by atoms with van der Waals surface area (Å²) in [5, 5.41) is 7.58. The number of hydrogen-bond donors (Lipinski definition) is 2. The van der Waals surface area contributed by atoms with Crippen molar-refractivity contribution in [3.05, 3.63) is 34.9 Å². The van der Waals surface area contributed by atoms with E-state index < -0.39 is 0 Å². The molecule has 1 heterocycles. The van der Waals surface area contributed by atoms with Crippen LogP contribution in [0, 0.1) is 0 Å². The normalized spacial score (nSPS) is 22.4. The predicted molar refractivity (Wildman–Crippen MR) is 119 cm³/mol. The van der Waals surface area contributed by atoms with E-state index in [1.807, 2.05) is 12.1 Å². The van der Waals surface area contributed by atoms with Gasteiger partial charge in [0.1, 0.15) is 0 Å². The van der Waals surface area contributed by atoms with Crippen LogP contribution < -0.4 is 10.6 Å². The highest BCUT2D eigenvalue weighted by molar-refractivity contribution is 14.0. The Labute approximate surface area is 178 Å². The summed E-state index contributed by atoms with van der Waals surface area (Å²) in [6.07, 6.45) is 2.56. The number of benzene rings is 1. The predicted octanol–water partition coefficient (Wildman–Crippen LogP) is 2.88. The van der Waals surface area contributed by atoms with Crippen LogP contribution in [0.25, 0.3) is 0 Å². The maximum atomic E-state index is 6.16. The van der Waals surface area contributed by atoms with Gasteiger partial charge in [-0.05, 0) is 44.5 Å². The SMILES string of the molecule is CCNC(=NCC1(c2cccc(Cl)c2)CC1)NCC1CN(C)CCO1.I. The number of halogens is 2. The lowest BCUT2D eigenvalue weighted by Crippen LogP contribution is -2.48. The third-order valence-corrected chi connectivity index (χ3v) is 5.25. The lowest BCUT2D eigenvalue weighted by atomic mass is 9.96. The Morgan fingerprint density at radius 1 is 1.38 bits per heavy atom. The maximum absolute atomic E-state index is 6.16. The number of morpholine rings is 1. The Balaban J connectivity index is 0.00000243. The topological polar surface area (TPSA) is 48.9 Å². The molecule has 0 aromatic heterocycles. The molecule has 1 saturated heterocycles. The molecule has 1 aliphatic heterocycles. The average molecular weight is 493 g/mol. The second kappa shape index (κ2) is 10.1. The van der Waals surface area contributed by atoms with Crippen molar-refractivity contribution in [2.75, 3.05) is 46.4 Å². The molecule has 1 aromatic carbocycles. The molecule has 7 heteroatoms. The first kappa shape index (κ1) is 21.7. The Morgan fingerprint density at radius 3 is 2.85 bits per heavy atom. The zero-order valence-corrected chi connectivity index (χ0v) is 18.7. The summed E-state index contributed by atoms with van der Waals surface area (Å²) in [5.41, 5.74) is 1.46. The fraction of sp³-hybridized carbons (Fsp3) is 0.632. The molecule has 0 bridgehead atoms. The number of nitrogens with zero attached hydrogens (tertiary/aromatic N) is 2. The molecule has 1 saturated carbocycles. The zero-order valence-electron chi connectivity index (χ0n) is 15.6. The Hall–Kier alpha value is -0.570. The molecule has 1 aliphatic carbocycles. The molecule has 3 rings (SSSR count). The van der Waals surface area contributed by atoms with Gasteiger partial charge in [-0.15, -0.1) is 24.0 Å². The number of likely N-dealkylation sites (N-methyl/N-ethyl adjacent to an activating group) is 1. The summed E-state index contributed by atoms with van der Waals surface area (Å²) in [6.45, 7) is 7.27. The number of ether oxygens (including phenoxy) is 1. The maximum Gasteiger partial charge on any atom is 0.191 e. The van der Waals surface area contributed by atoms with Crippen molar-refractivity contribution in [3.63, 3.8) is 0 Å². The molecule has 5 nitrogen and oxygen atoms in total. The molecule has 1 unspecified atom stereocenters. The first-order valence-electron chi connectivity index (χ1n) is 9.20. The van der Waals surface area contributed by atoms with Crippen molar-refractivity contribution in [1.82, 2.24) is 15.5 Å². The van der Waals surface area contributed by atoms with Gasteiger partial charge in [0.25, 0.3) is 0 Å². The molecule has 2 aliphatic rings. The highest BCUT2D eigenvalue weighted by atomic mass is 127. The van der Waals surface area contributed by atoms with E-state index in [1.54, 1.807) is 0 Å². The van der Waals surface area contributed by atoms with Gasteiger partial charge in [-0.25, -0.2) is 0 Å². The van der Waals surface area contributed by atoms with Crippen molar-refractivity contribution in [3.8, 4) is 0 Å². The van der Waals surface area contributed by atoms with Crippen molar-refractivity contribution in [2.45, 2.75) is 31.3 Å². The van der Waals surface area contributed by atoms with Crippen molar-refractivity contribution in [2.24, 2.45) is 4.99 Å². The standard InChI is InChI=1S/C19H29ClN4O.HI/c1-3-21-18(22-12-17-13-24(2)9-10-25-17)23-14-19(7-8-19)15-5-4-6-16(20)11-15;/h4-6,11,17H,3,7-10,12-14H2,1-2H3,(H2,21,22,23);1H. The van der Waals surface area contributed by atoms with E-state index in [9.17, 15) is 0 Å². The molecule has 2 N–H and O–H groups in total. The molecule has 26 heavy (non-hydrogen) atoms. The first-order chi connectivity index (χ1) is 12.1. The van der Waals surface area contributed by atoms with Crippen LogP contribution in [0.3, 0.4) is 0 Å². The quantitative estimate of drug-likeness (QED) is 0.364. The van der Waals surface area contributed by atoms with E-state index in [0.29, 0.717) is 0 Å². The number of hydrogen-bond acceptors (Lipinski definition) is 3.